The molecule has 0 spiro atoms. The van der Waals surface area contributed by atoms with Gasteiger partial charge in [-0.3, -0.25) is 4.79 Å². The maximum absolute atomic E-state index is 13.6. The zero-order chi connectivity index (χ0) is 27.9. The highest BCUT2D eigenvalue weighted by molar-refractivity contribution is 7.91. The first kappa shape index (κ1) is 27.0. The van der Waals surface area contributed by atoms with Crippen molar-refractivity contribution in [3.05, 3.63) is 47.8 Å². The van der Waals surface area contributed by atoms with Crippen molar-refractivity contribution in [1.29, 1.82) is 5.26 Å². The molecule has 3 aromatic rings. The maximum atomic E-state index is 13.6. The van der Waals surface area contributed by atoms with E-state index >= 15 is 0 Å². The monoisotopic (exact) mass is 575 g/mol. The SMILES string of the molecule is Cc1ccc(-c2nc([C@@H]3CCCC[C@H]3C(=O)CC3(C#N)CC3)c(-c3ccc(N4CCS(=O)(=O)CC4)cc3)s2)nn1. The third kappa shape index (κ3) is 5.54. The number of nitriles is 1. The molecular weight excluding hydrogens is 542 g/mol. The predicted molar refractivity (Wildman–Crippen MR) is 156 cm³/mol. The first-order valence-electron chi connectivity index (χ1n) is 14.1. The van der Waals surface area contributed by atoms with Gasteiger partial charge in [-0.2, -0.15) is 10.4 Å². The molecule has 8 nitrogen and oxygen atoms in total. The molecule has 0 amide bonds. The Balaban J connectivity index is 1.35. The molecule has 2 aromatic heterocycles. The number of nitrogens with zero attached hydrogens (tertiary/aromatic N) is 5. The molecule has 208 valence electrons. The standard InChI is InChI=1S/C30H33N5O3S2/c1-20-6-11-25(34-33-20)29-32-27(24-5-3-2-4-23(24)26(36)18-30(19-31)12-13-30)28(39-29)21-7-9-22(10-8-21)35-14-16-40(37,38)17-15-35/h6-11,23-24H,2-5,12-18H2,1H3/t23-,24-/m1/s1. The number of benzene rings is 1. The quantitative estimate of drug-likeness (QED) is 0.370. The van der Waals surface area contributed by atoms with Crippen LogP contribution in [0.1, 0.15) is 62.3 Å². The summed E-state index contributed by atoms with van der Waals surface area (Å²) in [5.74, 6) is 0.431. The minimum absolute atomic E-state index is 0.00104. The number of ketones is 1. The Labute approximate surface area is 239 Å². The number of sulfone groups is 1. The summed E-state index contributed by atoms with van der Waals surface area (Å²) in [4.78, 5) is 21.9. The Morgan fingerprint density at radius 1 is 1.07 bits per heavy atom. The molecule has 1 saturated heterocycles. The Bertz CT molecular complexity index is 1540. The van der Waals surface area contributed by atoms with Crippen LogP contribution in [0, 0.1) is 29.6 Å². The zero-order valence-corrected chi connectivity index (χ0v) is 24.3. The van der Waals surface area contributed by atoms with Crippen molar-refractivity contribution in [2.45, 2.75) is 57.8 Å². The molecule has 1 aromatic carbocycles. The minimum atomic E-state index is -2.95. The molecule has 0 radical (unpaired) electrons. The van der Waals surface area contributed by atoms with E-state index in [2.05, 4.69) is 45.4 Å². The number of hydrogen-bond acceptors (Lipinski definition) is 9. The summed E-state index contributed by atoms with van der Waals surface area (Å²) in [6.07, 6.45) is 5.78. The second-order valence-electron chi connectivity index (χ2n) is 11.5. The molecule has 3 heterocycles. The molecule has 0 N–H and O–H groups in total. The number of aryl methyl sites for hydroxylation is 1. The van der Waals surface area contributed by atoms with Crippen LogP contribution in [0.2, 0.25) is 0 Å². The summed E-state index contributed by atoms with van der Waals surface area (Å²) in [6.45, 7) is 2.90. The second kappa shape index (κ2) is 10.7. The highest BCUT2D eigenvalue weighted by Gasteiger charge is 2.47. The van der Waals surface area contributed by atoms with Crippen LogP contribution in [0.4, 0.5) is 5.69 Å². The van der Waals surface area contributed by atoms with Gasteiger partial charge in [0, 0.05) is 37.0 Å². The van der Waals surface area contributed by atoms with Gasteiger partial charge in [0.15, 0.2) is 9.84 Å². The van der Waals surface area contributed by atoms with Crippen molar-refractivity contribution in [2.24, 2.45) is 11.3 Å². The molecule has 3 aliphatic rings. The van der Waals surface area contributed by atoms with Gasteiger partial charge in [-0.25, -0.2) is 13.4 Å². The topological polar surface area (TPSA) is 117 Å². The first-order valence-corrected chi connectivity index (χ1v) is 16.7. The Hall–Kier alpha value is -3.16. The van der Waals surface area contributed by atoms with E-state index in [0.29, 0.717) is 25.2 Å². The first-order chi connectivity index (χ1) is 19.3. The number of Topliss-reactive ketones (excluding diaryl/α,β-unsaturated/α-hetero) is 1. The molecule has 3 fully saturated rings. The van der Waals surface area contributed by atoms with Crippen molar-refractivity contribution in [2.75, 3.05) is 29.5 Å². The predicted octanol–water partition coefficient (Wildman–Crippen LogP) is 5.35. The van der Waals surface area contributed by atoms with E-state index in [0.717, 1.165) is 71.0 Å². The summed E-state index contributed by atoms with van der Waals surface area (Å²) < 4.78 is 23.8. The van der Waals surface area contributed by atoms with Gasteiger partial charge in [-0.05, 0) is 62.4 Å². The largest absolute Gasteiger partial charge is 0.369 e. The van der Waals surface area contributed by atoms with E-state index in [1.54, 1.807) is 11.3 Å². The van der Waals surface area contributed by atoms with Crippen LogP contribution in [0.25, 0.3) is 21.1 Å². The number of rotatable bonds is 7. The van der Waals surface area contributed by atoms with E-state index in [1.165, 1.54) is 0 Å². The van der Waals surface area contributed by atoms with Crippen LogP contribution in [-0.2, 0) is 14.6 Å². The molecule has 0 unspecified atom stereocenters. The lowest BCUT2D eigenvalue weighted by Crippen LogP contribution is -2.40. The number of carbonyl (C=O) groups is 1. The number of thiazole rings is 1. The summed E-state index contributed by atoms with van der Waals surface area (Å²) in [5.41, 5.74) is 4.08. The van der Waals surface area contributed by atoms with Crippen LogP contribution in [0.15, 0.2) is 36.4 Å². The van der Waals surface area contributed by atoms with E-state index in [1.807, 2.05) is 19.1 Å². The zero-order valence-electron chi connectivity index (χ0n) is 22.7. The highest BCUT2D eigenvalue weighted by atomic mass is 32.2. The Kier molecular flexibility index (Phi) is 7.21. The van der Waals surface area contributed by atoms with Gasteiger partial charge < -0.3 is 4.90 Å². The van der Waals surface area contributed by atoms with E-state index in [-0.39, 0.29) is 29.1 Å². The Morgan fingerprint density at radius 3 is 2.45 bits per heavy atom. The van der Waals surface area contributed by atoms with Crippen molar-refractivity contribution in [1.82, 2.24) is 15.2 Å². The van der Waals surface area contributed by atoms with E-state index < -0.39 is 15.3 Å². The lowest BCUT2D eigenvalue weighted by molar-refractivity contribution is -0.125. The number of anilines is 1. The average molecular weight is 576 g/mol. The molecular formula is C30H33N5O3S2. The number of hydrogen-bond donors (Lipinski definition) is 0. The third-order valence-corrected chi connectivity index (χ3v) is 11.4. The molecule has 1 aliphatic heterocycles. The van der Waals surface area contributed by atoms with Gasteiger partial charge in [0.2, 0.25) is 0 Å². The molecule has 2 saturated carbocycles. The fraction of sp³-hybridized carbons (Fsp3) is 0.500. The fourth-order valence-electron chi connectivity index (χ4n) is 5.99. The third-order valence-electron chi connectivity index (χ3n) is 8.64. The van der Waals surface area contributed by atoms with E-state index in [9.17, 15) is 18.5 Å². The normalized spacial score (nSPS) is 23.4. The van der Waals surface area contributed by atoms with Gasteiger partial charge in [-0.1, -0.05) is 25.0 Å². The highest BCUT2D eigenvalue weighted by Crippen LogP contribution is 2.51. The van der Waals surface area contributed by atoms with Crippen molar-refractivity contribution in [3.8, 4) is 27.2 Å². The van der Waals surface area contributed by atoms with Crippen LogP contribution < -0.4 is 4.90 Å². The summed E-state index contributed by atoms with van der Waals surface area (Å²) in [7, 11) is -2.95. The van der Waals surface area contributed by atoms with Crippen LogP contribution in [0.3, 0.4) is 0 Å². The minimum Gasteiger partial charge on any atom is -0.369 e. The van der Waals surface area contributed by atoms with Gasteiger partial charge in [0.25, 0.3) is 0 Å². The maximum Gasteiger partial charge on any atom is 0.153 e. The summed E-state index contributed by atoms with van der Waals surface area (Å²) in [5, 5.41) is 19.0. The number of carbonyl (C=O) groups excluding carboxylic acids is 1. The van der Waals surface area contributed by atoms with Gasteiger partial charge in [-0.15, -0.1) is 16.4 Å². The van der Waals surface area contributed by atoms with Crippen molar-refractivity contribution in [3.63, 3.8) is 0 Å². The smallest absolute Gasteiger partial charge is 0.153 e. The van der Waals surface area contributed by atoms with Crippen LogP contribution >= 0.6 is 11.3 Å². The lowest BCUT2D eigenvalue weighted by Gasteiger charge is -2.31. The molecule has 10 heteroatoms. The van der Waals surface area contributed by atoms with Gasteiger partial charge in [0.1, 0.15) is 16.5 Å². The molecule has 6 rings (SSSR count). The second-order valence-corrected chi connectivity index (χ2v) is 14.8. The van der Waals surface area contributed by atoms with E-state index in [4.69, 9.17) is 4.98 Å². The molecule has 0 bridgehead atoms. The molecule has 2 atom stereocenters. The van der Waals surface area contributed by atoms with Crippen molar-refractivity contribution >= 4 is 32.6 Å². The van der Waals surface area contributed by atoms with Crippen LogP contribution in [0.5, 0.6) is 0 Å². The van der Waals surface area contributed by atoms with Crippen LogP contribution in [-0.4, -0.2) is 54.0 Å². The average Bonchev–Trinajstić information content (AvgIpc) is 3.60. The molecule has 40 heavy (non-hydrogen) atoms. The summed E-state index contributed by atoms with van der Waals surface area (Å²) in [6, 6.07) is 14.5. The van der Waals surface area contributed by atoms with Gasteiger partial charge in [0.05, 0.1) is 39.3 Å². The van der Waals surface area contributed by atoms with Crippen molar-refractivity contribution < 1.29 is 13.2 Å². The number of aromatic nitrogens is 3. The molecule has 2 aliphatic carbocycles. The Morgan fingerprint density at radius 2 is 1.80 bits per heavy atom. The lowest BCUT2D eigenvalue weighted by atomic mass is 9.73. The summed E-state index contributed by atoms with van der Waals surface area (Å²) >= 11 is 1.58. The van der Waals surface area contributed by atoms with Gasteiger partial charge >= 0.3 is 0 Å². The fourth-order valence-corrected chi connectivity index (χ4v) is 8.30.